The molecule has 4 rings (SSSR count). The summed E-state index contributed by atoms with van der Waals surface area (Å²) in [5.74, 6) is -1.07. The Labute approximate surface area is 150 Å². The van der Waals surface area contributed by atoms with Crippen molar-refractivity contribution in [3.8, 4) is 5.69 Å². The fraction of sp³-hybridized carbons (Fsp3) is 0.444. The summed E-state index contributed by atoms with van der Waals surface area (Å²) in [5, 5.41) is 17.5. The number of ether oxygens (including phenoxy) is 1. The Morgan fingerprint density at radius 2 is 1.96 bits per heavy atom. The molecule has 2 aliphatic rings. The molecule has 1 unspecified atom stereocenters. The van der Waals surface area contributed by atoms with Crippen LogP contribution in [0.4, 0.5) is 0 Å². The van der Waals surface area contributed by atoms with E-state index >= 15 is 0 Å². The van der Waals surface area contributed by atoms with Gasteiger partial charge in [0, 0.05) is 12.5 Å². The van der Waals surface area contributed by atoms with Crippen molar-refractivity contribution in [3.05, 3.63) is 41.2 Å². The number of carbonyl (C=O) groups excluding carboxylic acids is 1. The second kappa shape index (κ2) is 6.53. The summed E-state index contributed by atoms with van der Waals surface area (Å²) in [6.07, 6.45) is 1.00. The van der Waals surface area contributed by atoms with E-state index in [2.05, 4.69) is 10.3 Å². The second-order valence-corrected chi connectivity index (χ2v) is 6.79. The predicted molar refractivity (Wildman–Crippen MR) is 91.4 cm³/mol. The van der Waals surface area contributed by atoms with Gasteiger partial charge >= 0.3 is 5.97 Å². The molecule has 1 amide bonds. The standard InChI is InChI=1S/C18H20N4O4/c1-11-2-6-13(7-3-11)22-16(12-4-5-12)15(19-20-22)17(23)21-8-9-26-14(10-21)18(24)25/h2-3,6-7,12,14H,4-5,8-10H2,1H3,(H,24,25). The van der Waals surface area contributed by atoms with Crippen LogP contribution in [-0.4, -0.2) is 62.7 Å². The van der Waals surface area contributed by atoms with Crippen LogP contribution in [0.3, 0.4) is 0 Å². The van der Waals surface area contributed by atoms with Gasteiger partial charge in [-0.25, -0.2) is 9.48 Å². The summed E-state index contributed by atoms with van der Waals surface area (Å²) in [5.41, 5.74) is 3.15. The number of aryl methyl sites for hydroxylation is 1. The van der Waals surface area contributed by atoms with Gasteiger partial charge in [-0.15, -0.1) is 5.10 Å². The van der Waals surface area contributed by atoms with E-state index in [4.69, 9.17) is 9.84 Å². The van der Waals surface area contributed by atoms with Crippen LogP contribution in [0.15, 0.2) is 24.3 Å². The third kappa shape index (κ3) is 3.08. The lowest BCUT2D eigenvalue weighted by atomic mass is 10.1. The molecule has 1 saturated carbocycles. The molecule has 8 nitrogen and oxygen atoms in total. The molecule has 136 valence electrons. The quantitative estimate of drug-likeness (QED) is 0.889. The number of aliphatic carboxylic acids is 1. The molecule has 0 bridgehead atoms. The van der Waals surface area contributed by atoms with Crippen molar-refractivity contribution in [1.29, 1.82) is 0 Å². The lowest BCUT2D eigenvalue weighted by Crippen LogP contribution is -2.48. The Morgan fingerprint density at radius 1 is 1.23 bits per heavy atom. The van der Waals surface area contributed by atoms with E-state index in [1.54, 1.807) is 4.68 Å². The van der Waals surface area contributed by atoms with E-state index in [-0.39, 0.29) is 25.0 Å². The highest BCUT2D eigenvalue weighted by atomic mass is 16.5. The molecule has 8 heteroatoms. The first-order valence-electron chi connectivity index (χ1n) is 8.71. The smallest absolute Gasteiger partial charge is 0.334 e. The first kappa shape index (κ1) is 16.7. The van der Waals surface area contributed by atoms with E-state index in [1.807, 2.05) is 31.2 Å². The molecule has 1 aromatic heterocycles. The molecular weight excluding hydrogens is 336 g/mol. The van der Waals surface area contributed by atoms with Crippen molar-refractivity contribution < 1.29 is 19.4 Å². The summed E-state index contributed by atoms with van der Waals surface area (Å²) in [6.45, 7) is 2.59. The van der Waals surface area contributed by atoms with Crippen LogP contribution in [0, 0.1) is 6.92 Å². The SMILES string of the molecule is Cc1ccc(-n2nnc(C(=O)N3CCOC(C(=O)O)C3)c2C2CC2)cc1. The van der Waals surface area contributed by atoms with E-state index in [9.17, 15) is 9.59 Å². The molecule has 1 aromatic carbocycles. The number of benzene rings is 1. The predicted octanol–water partition coefficient (Wildman–Crippen LogP) is 1.38. The monoisotopic (exact) mass is 356 g/mol. The van der Waals surface area contributed by atoms with Crippen molar-refractivity contribution >= 4 is 11.9 Å². The van der Waals surface area contributed by atoms with Gasteiger partial charge < -0.3 is 14.7 Å². The first-order valence-corrected chi connectivity index (χ1v) is 8.71. The molecule has 1 N–H and O–H groups in total. The highest BCUT2D eigenvalue weighted by Crippen LogP contribution is 2.42. The molecule has 26 heavy (non-hydrogen) atoms. The summed E-state index contributed by atoms with van der Waals surface area (Å²) in [7, 11) is 0. The maximum atomic E-state index is 13.0. The number of morpholine rings is 1. The molecule has 2 fully saturated rings. The fourth-order valence-corrected chi connectivity index (χ4v) is 3.17. The number of amides is 1. The highest BCUT2D eigenvalue weighted by Gasteiger charge is 2.37. The third-order valence-electron chi connectivity index (χ3n) is 4.78. The Bertz CT molecular complexity index is 841. The molecular formula is C18H20N4O4. The van der Waals surface area contributed by atoms with Crippen LogP contribution >= 0.6 is 0 Å². The van der Waals surface area contributed by atoms with Crippen LogP contribution in [0.25, 0.3) is 5.69 Å². The van der Waals surface area contributed by atoms with E-state index in [0.29, 0.717) is 12.2 Å². The zero-order chi connectivity index (χ0) is 18.3. The van der Waals surface area contributed by atoms with Crippen LogP contribution in [0.1, 0.15) is 40.5 Å². The normalized spacial score (nSPS) is 20.2. The lowest BCUT2D eigenvalue weighted by Gasteiger charge is -2.30. The molecule has 2 aromatic rings. The third-order valence-corrected chi connectivity index (χ3v) is 4.78. The van der Waals surface area contributed by atoms with Gasteiger partial charge in [0.2, 0.25) is 0 Å². The Hall–Kier alpha value is -2.74. The maximum Gasteiger partial charge on any atom is 0.334 e. The molecule has 1 atom stereocenters. The number of hydrogen-bond acceptors (Lipinski definition) is 5. The highest BCUT2D eigenvalue weighted by molar-refractivity contribution is 5.94. The topological polar surface area (TPSA) is 97.5 Å². The lowest BCUT2D eigenvalue weighted by molar-refractivity contribution is -0.154. The van der Waals surface area contributed by atoms with Gasteiger partial charge in [0.05, 0.1) is 24.5 Å². The number of carboxylic acid groups (broad SMARTS) is 1. The fourth-order valence-electron chi connectivity index (χ4n) is 3.17. The van der Waals surface area contributed by atoms with Gasteiger partial charge in [0.1, 0.15) is 0 Å². The minimum absolute atomic E-state index is 0.0235. The number of rotatable bonds is 4. The van der Waals surface area contributed by atoms with Gasteiger partial charge in [-0.3, -0.25) is 4.79 Å². The molecule has 1 aliphatic heterocycles. The van der Waals surface area contributed by atoms with Crippen molar-refractivity contribution in [2.75, 3.05) is 19.7 Å². The number of hydrogen-bond donors (Lipinski definition) is 1. The zero-order valence-corrected chi connectivity index (χ0v) is 14.5. The van der Waals surface area contributed by atoms with Gasteiger partial charge in [-0.05, 0) is 31.9 Å². The van der Waals surface area contributed by atoms with Crippen molar-refractivity contribution in [2.24, 2.45) is 0 Å². The summed E-state index contributed by atoms with van der Waals surface area (Å²) < 4.78 is 6.93. The Balaban J connectivity index is 1.65. The number of carboxylic acids is 1. The van der Waals surface area contributed by atoms with E-state index in [0.717, 1.165) is 29.8 Å². The minimum Gasteiger partial charge on any atom is -0.479 e. The van der Waals surface area contributed by atoms with Gasteiger partial charge in [-0.1, -0.05) is 22.9 Å². The first-order chi connectivity index (χ1) is 12.5. The van der Waals surface area contributed by atoms with Gasteiger partial charge in [0.15, 0.2) is 11.8 Å². The summed E-state index contributed by atoms with van der Waals surface area (Å²) in [6, 6.07) is 7.90. The Morgan fingerprint density at radius 3 is 2.62 bits per heavy atom. The number of aromatic nitrogens is 3. The van der Waals surface area contributed by atoms with E-state index in [1.165, 1.54) is 4.90 Å². The van der Waals surface area contributed by atoms with Crippen LogP contribution < -0.4 is 0 Å². The molecule has 0 spiro atoms. The molecule has 2 heterocycles. The van der Waals surface area contributed by atoms with Crippen molar-refractivity contribution in [3.63, 3.8) is 0 Å². The Kier molecular flexibility index (Phi) is 4.20. The summed E-state index contributed by atoms with van der Waals surface area (Å²) in [4.78, 5) is 25.6. The number of nitrogens with zero attached hydrogens (tertiary/aromatic N) is 4. The average molecular weight is 356 g/mol. The van der Waals surface area contributed by atoms with Crippen LogP contribution in [0.5, 0.6) is 0 Å². The summed E-state index contributed by atoms with van der Waals surface area (Å²) >= 11 is 0. The average Bonchev–Trinajstić information content (AvgIpc) is 3.40. The second-order valence-electron chi connectivity index (χ2n) is 6.79. The molecule has 0 radical (unpaired) electrons. The van der Waals surface area contributed by atoms with Crippen LogP contribution in [0.2, 0.25) is 0 Å². The number of carbonyl (C=O) groups is 2. The van der Waals surface area contributed by atoms with Gasteiger partial charge in [0.25, 0.3) is 5.91 Å². The van der Waals surface area contributed by atoms with Crippen LogP contribution in [-0.2, 0) is 9.53 Å². The maximum absolute atomic E-state index is 13.0. The molecule has 1 saturated heterocycles. The van der Waals surface area contributed by atoms with E-state index < -0.39 is 12.1 Å². The molecule has 1 aliphatic carbocycles. The largest absolute Gasteiger partial charge is 0.479 e. The van der Waals surface area contributed by atoms with Gasteiger partial charge in [-0.2, -0.15) is 0 Å². The van der Waals surface area contributed by atoms with Crippen molar-refractivity contribution in [1.82, 2.24) is 19.9 Å². The zero-order valence-electron chi connectivity index (χ0n) is 14.5. The van der Waals surface area contributed by atoms with Crippen molar-refractivity contribution in [2.45, 2.75) is 31.8 Å². The minimum atomic E-state index is -1.06.